The lowest BCUT2D eigenvalue weighted by Crippen LogP contribution is -2.33. The van der Waals surface area contributed by atoms with Gasteiger partial charge in [-0.3, -0.25) is 9.35 Å². The van der Waals surface area contributed by atoms with Crippen LogP contribution in [0.5, 0.6) is 0 Å². The van der Waals surface area contributed by atoms with Gasteiger partial charge in [0, 0.05) is 13.1 Å². The molecular weight excluding hydrogens is 305 g/mol. The predicted molar refractivity (Wildman–Crippen MR) is 71.2 cm³/mol. The SMILES string of the molecule is O=C(O)CC(O)CCN(Cc1ccc(F)cc1)S(=O)(=O)O. The Bertz CT molecular complexity index is 574. The lowest BCUT2D eigenvalue weighted by Gasteiger charge is -2.19. The summed E-state index contributed by atoms with van der Waals surface area (Å²) in [4.78, 5) is 10.4. The zero-order valence-corrected chi connectivity index (χ0v) is 11.8. The Morgan fingerprint density at radius 1 is 1.29 bits per heavy atom. The standard InChI is InChI=1S/C12H16FNO6S/c13-10-3-1-9(2-4-10)8-14(21(18,19)20)6-5-11(15)7-12(16)17/h1-4,11,15H,5-8H2,(H,16,17)(H,18,19,20). The molecule has 1 aromatic carbocycles. The van der Waals surface area contributed by atoms with Crippen LogP contribution in [0.2, 0.25) is 0 Å². The number of nitrogens with zero attached hydrogens (tertiary/aromatic N) is 1. The average Bonchev–Trinajstić information content (AvgIpc) is 2.34. The summed E-state index contributed by atoms with van der Waals surface area (Å²) in [5, 5.41) is 17.9. The third-order valence-corrected chi connectivity index (χ3v) is 3.68. The van der Waals surface area contributed by atoms with Gasteiger partial charge in [0.25, 0.3) is 0 Å². The number of benzene rings is 1. The van der Waals surface area contributed by atoms with E-state index in [1.807, 2.05) is 0 Å². The molecule has 1 atom stereocenters. The van der Waals surface area contributed by atoms with Crippen molar-refractivity contribution in [3.8, 4) is 0 Å². The van der Waals surface area contributed by atoms with Crippen molar-refractivity contribution in [2.24, 2.45) is 0 Å². The van der Waals surface area contributed by atoms with Gasteiger partial charge in [-0.25, -0.2) is 4.39 Å². The number of rotatable bonds is 8. The number of carboxylic acid groups (broad SMARTS) is 1. The number of carbonyl (C=O) groups is 1. The lowest BCUT2D eigenvalue weighted by atomic mass is 10.2. The van der Waals surface area contributed by atoms with E-state index in [-0.39, 0.29) is 19.5 Å². The van der Waals surface area contributed by atoms with E-state index in [4.69, 9.17) is 9.66 Å². The number of hydrogen-bond acceptors (Lipinski definition) is 4. The van der Waals surface area contributed by atoms with Gasteiger partial charge in [-0.1, -0.05) is 12.1 Å². The van der Waals surface area contributed by atoms with Crippen LogP contribution < -0.4 is 0 Å². The summed E-state index contributed by atoms with van der Waals surface area (Å²) in [7, 11) is -4.52. The quantitative estimate of drug-likeness (QED) is 0.606. The van der Waals surface area contributed by atoms with Gasteiger partial charge in [0.05, 0.1) is 12.5 Å². The summed E-state index contributed by atoms with van der Waals surface area (Å²) < 4.78 is 45.0. The molecule has 1 unspecified atom stereocenters. The molecule has 3 N–H and O–H groups in total. The summed E-state index contributed by atoms with van der Waals surface area (Å²) >= 11 is 0. The topological polar surface area (TPSA) is 115 Å². The molecule has 0 amide bonds. The van der Waals surface area contributed by atoms with E-state index >= 15 is 0 Å². The first-order valence-corrected chi connectivity index (χ1v) is 7.45. The first-order chi connectivity index (χ1) is 9.68. The van der Waals surface area contributed by atoms with E-state index in [1.165, 1.54) is 12.1 Å². The highest BCUT2D eigenvalue weighted by Crippen LogP contribution is 2.11. The Morgan fingerprint density at radius 3 is 2.33 bits per heavy atom. The van der Waals surface area contributed by atoms with E-state index in [0.717, 1.165) is 12.1 Å². The largest absolute Gasteiger partial charge is 0.481 e. The maximum atomic E-state index is 12.8. The molecule has 1 rings (SSSR count). The van der Waals surface area contributed by atoms with Crippen LogP contribution in [0.25, 0.3) is 0 Å². The van der Waals surface area contributed by atoms with Crippen LogP contribution in [0, 0.1) is 5.82 Å². The van der Waals surface area contributed by atoms with Crippen molar-refractivity contribution in [2.75, 3.05) is 6.54 Å². The maximum Gasteiger partial charge on any atom is 0.336 e. The van der Waals surface area contributed by atoms with Gasteiger partial charge < -0.3 is 10.2 Å². The van der Waals surface area contributed by atoms with Crippen molar-refractivity contribution < 1.29 is 32.4 Å². The number of hydrogen-bond donors (Lipinski definition) is 3. The summed E-state index contributed by atoms with van der Waals surface area (Å²) in [6, 6.07) is 5.02. The molecule has 7 nitrogen and oxygen atoms in total. The molecule has 0 heterocycles. The Morgan fingerprint density at radius 2 is 1.86 bits per heavy atom. The number of aliphatic carboxylic acids is 1. The number of carboxylic acids is 1. The molecule has 118 valence electrons. The van der Waals surface area contributed by atoms with Crippen molar-refractivity contribution in [1.29, 1.82) is 0 Å². The zero-order valence-electron chi connectivity index (χ0n) is 11.0. The van der Waals surface area contributed by atoms with Gasteiger partial charge in [-0.05, 0) is 24.1 Å². The predicted octanol–water partition coefficient (Wildman–Crippen LogP) is 0.656. The zero-order chi connectivity index (χ0) is 16.0. The fourth-order valence-electron chi connectivity index (χ4n) is 1.67. The van der Waals surface area contributed by atoms with E-state index < -0.39 is 34.6 Å². The minimum absolute atomic E-state index is 0.146. The molecule has 1 aromatic rings. The van der Waals surface area contributed by atoms with Crippen LogP contribution in [0.15, 0.2) is 24.3 Å². The number of halogens is 1. The summed E-state index contributed by atoms with van der Waals surface area (Å²) in [6.07, 6.45) is -1.89. The normalized spacial score (nSPS) is 13.3. The van der Waals surface area contributed by atoms with Gasteiger partial charge in [0.1, 0.15) is 5.82 Å². The fraction of sp³-hybridized carbons (Fsp3) is 0.417. The first kappa shape index (κ1) is 17.5. The van der Waals surface area contributed by atoms with Gasteiger partial charge in [-0.2, -0.15) is 12.7 Å². The maximum absolute atomic E-state index is 12.8. The monoisotopic (exact) mass is 321 g/mol. The van der Waals surface area contributed by atoms with Crippen LogP contribution in [-0.4, -0.2) is 46.1 Å². The van der Waals surface area contributed by atoms with Crippen molar-refractivity contribution in [2.45, 2.75) is 25.5 Å². The Kier molecular flexibility index (Phi) is 6.21. The van der Waals surface area contributed by atoms with Crippen molar-refractivity contribution in [1.82, 2.24) is 4.31 Å². The smallest absolute Gasteiger partial charge is 0.336 e. The minimum Gasteiger partial charge on any atom is -0.481 e. The Labute approximate surface area is 121 Å². The second-order valence-electron chi connectivity index (χ2n) is 4.48. The number of aliphatic hydroxyl groups excluding tert-OH is 1. The molecule has 21 heavy (non-hydrogen) atoms. The van der Waals surface area contributed by atoms with E-state index in [1.54, 1.807) is 0 Å². The molecular formula is C12H16FNO6S. The van der Waals surface area contributed by atoms with Crippen molar-refractivity contribution in [3.05, 3.63) is 35.6 Å². The van der Waals surface area contributed by atoms with Gasteiger partial charge in [0.2, 0.25) is 0 Å². The van der Waals surface area contributed by atoms with E-state index in [2.05, 4.69) is 0 Å². The third kappa shape index (κ3) is 6.63. The van der Waals surface area contributed by atoms with Gasteiger partial charge >= 0.3 is 16.3 Å². The highest BCUT2D eigenvalue weighted by molar-refractivity contribution is 7.83. The molecule has 0 aliphatic rings. The van der Waals surface area contributed by atoms with Crippen molar-refractivity contribution in [3.63, 3.8) is 0 Å². The molecule has 0 aromatic heterocycles. The average molecular weight is 321 g/mol. The van der Waals surface area contributed by atoms with Crippen LogP contribution in [-0.2, 0) is 21.6 Å². The highest BCUT2D eigenvalue weighted by atomic mass is 32.2. The van der Waals surface area contributed by atoms with E-state index in [9.17, 15) is 22.7 Å². The molecule has 0 saturated carbocycles. The second kappa shape index (κ2) is 7.46. The summed E-state index contributed by atoms with van der Waals surface area (Å²) in [5.74, 6) is -1.69. The van der Waals surface area contributed by atoms with Crippen molar-refractivity contribution >= 4 is 16.3 Å². The lowest BCUT2D eigenvalue weighted by molar-refractivity contribution is -0.139. The van der Waals surface area contributed by atoms with Gasteiger partial charge in [-0.15, -0.1) is 0 Å². The van der Waals surface area contributed by atoms with Crippen LogP contribution in [0.1, 0.15) is 18.4 Å². The van der Waals surface area contributed by atoms with Crippen LogP contribution >= 0.6 is 0 Å². The molecule has 0 bridgehead atoms. The molecule has 0 radical (unpaired) electrons. The van der Waals surface area contributed by atoms with Crippen LogP contribution in [0.4, 0.5) is 4.39 Å². The number of aliphatic hydroxyl groups is 1. The van der Waals surface area contributed by atoms with E-state index in [0.29, 0.717) is 9.87 Å². The molecule has 0 saturated heterocycles. The van der Waals surface area contributed by atoms with Crippen LogP contribution in [0.3, 0.4) is 0 Å². The summed E-state index contributed by atoms with van der Waals surface area (Å²) in [6.45, 7) is -0.469. The third-order valence-electron chi connectivity index (χ3n) is 2.72. The molecule has 9 heteroatoms. The highest BCUT2D eigenvalue weighted by Gasteiger charge is 2.21. The first-order valence-electron chi connectivity index (χ1n) is 6.05. The minimum atomic E-state index is -4.52. The Balaban J connectivity index is 2.69. The fourth-order valence-corrected chi connectivity index (χ4v) is 2.31. The summed E-state index contributed by atoms with van der Waals surface area (Å²) in [5.41, 5.74) is 0.446. The molecule has 0 aliphatic carbocycles. The molecule has 0 spiro atoms. The Hall–Kier alpha value is -1.55. The second-order valence-corrected chi connectivity index (χ2v) is 5.89. The molecule has 0 fully saturated rings. The molecule has 0 aliphatic heterocycles. The van der Waals surface area contributed by atoms with Gasteiger partial charge in [0.15, 0.2) is 0 Å².